The Morgan fingerprint density at radius 2 is 1.79 bits per heavy atom. The number of rotatable bonds is 8. The summed E-state index contributed by atoms with van der Waals surface area (Å²) in [5.41, 5.74) is 4.06. The van der Waals surface area contributed by atoms with Crippen LogP contribution in [0.4, 0.5) is 0 Å². The van der Waals surface area contributed by atoms with E-state index >= 15 is 0 Å². The number of nitrogens with one attached hydrogen (secondary N) is 1. The summed E-state index contributed by atoms with van der Waals surface area (Å²) in [6, 6.07) is 13.7. The number of carbonyl (C=O) groups excluding carboxylic acids is 1. The molecular weight excluding hydrogens is 370 g/mol. The standard InChI is InChI=1S/C18H18O3.C5H11NO2/c1-2-3-6-13-9-11-14(12-10-13)17(19)15-7-4-5-8-16(15)18(20)21;7-6-4-5-2-1-3-8-5/h4-5,7-12H,2-3,6H2,1H3,(H,20,21);5-7H,1-4H2. The summed E-state index contributed by atoms with van der Waals surface area (Å²) in [7, 11) is 0. The number of hydrogen-bond acceptors (Lipinski definition) is 5. The number of hydrogen-bond donors (Lipinski definition) is 3. The van der Waals surface area contributed by atoms with Gasteiger partial charge in [0.1, 0.15) is 0 Å². The van der Waals surface area contributed by atoms with E-state index in [1.807, 2.05) is 12.1 Å². The molecule has 1 unspecified atom stereocenters. The molecule has 29 heavy (non-hydrogen) atoms. The molecular formula is C23H29NO5. The Labute approximate surface area is 171 Å². The van der Waals surface area contributed by atoms with Crippen molar-refractivity contribution in [3.8, 4) is 0 Å². The summed E-state index contributed by atoms with van der Waals surface area (Å²) in [6.07, 6.45) is 5.71. The third-order valence-corrected chi connectivity index (χ3v) is 4.78. The molecule has 1 heterocycles. The highest BCUT2D eigenvalue weighted by atomic mass is 16.5. The van der Waals surface area contributed by atoms with Crippen LogP contribution in [-0.2, 0) is 11.2 Å². The van der Waals surface area contributed by atoms with E-state index < -0.39 is 5.97 Å². The van der Waals surface area contributed by atoms with Crippen LogP contribution in [0, 0.1) is 0 Å². The van der Waals surface area contributed by atoms with Crippen LogP contribution in [0.1, 0.15) is 64.4 Å². The summed E-state index contributed by atoms with van der Waals surface area (Å²) in [6.45, 7) is 3.56. The molecule has 0 amide bonds. The minimum absolute atomic E-state index is 0.0394. The molecule has 3 rings (SSSR count). The van der Waals surface area contributed by atoms with Crippen molar-refractivity contribution in [2.75, 3.05) is 13.2 Å². The predicted octanol–water partition coefficient (Wildman–Crippen LogP) is 4.10. The number of aromatic carboxylic acids is 1. The van der Waals surface area contributed by atoms with E-state index in [0.29, 0.717) is 12.1 Å². The molecule has 6 nitrogen and oxygen atoms in total. The largest absolute Gasteiger partial charge is 0.478 e. The molecule has 1 aliphatic rings. The van der Waals surface area contributed by atoms with Crippen molar-refractivity contribution in [3.63, 3.8) is 0 Å². The molecule has 1 atom stereocenters. The van der Waals surface area contributed by atoms with Crippen molar-refractivity contribution in [1.82, 2.24) is 5.48 Å². The number of aryl methyl sites for hydroxylation is 1. The molecule has 2 aromatic rings. The molecule has 6 heteroatoms. The molecule has 1 aliphatic heterocycles. The number of carboxylic acid groups (broad SMARTS) is 1. The summed E-state index contributed by atoms with van der Waals surface area (Å²) in [4.78, 5) is 23.6. The summed E-state index contributed by atoms with van der Waals surface area (Å²) < 4.78 is 5.17. The van der Waals surface area contributed by atoms with E-state index in [2.05, 4.69) is 12.4 Å². The van der Waals surface area contributed by atoms with Gasteiger partial charge in [0.25, 0.3) is 0 Å². The van der Waals surface area contributed by atoms with Crippen molar-refractivity contribution in [1.29, 1.82) is 0 Å². The van der Waals surface area contributed by atoms with Gasteiger partial charge in [0, 0.05) is 24.3 Å². The molecule has 1 fully saturated rings. The van der Waals surface area contributed by atoms with Crippen LogP contribution in [0.15, 0.2) is 48.5 Å². The normalized spacial score (nSPS) is 15.4. The third-order valence-electron chi connectivity index (χ3n) is 4.78. The fraction of sp³-hybridized carbons (Fsp3) is 0.391. The van der Waals surface area contributed by atoms with Crippen molar-refractivity contribution in [3.05, 3.63) is 70.8 Å². The third kappa shape index (κ3) is 7.09. The first-order valence-corrected chi connectivity index (χ1v) is 10.0. The molecule has 0 saturated carbocycles. The van der Waals surface area contributed by atoms with Crippen LogP contribution in [-0.4, -0.2) is 41.3 Å². The van der Waals surface area contributed by atoms with Gasteiger partial charge >= 0.3 is 5.97 Å². The molecule has 156 valence electrons. The zero-order valence-corrected chi connectivity index (χ0v) is 16.8. The predicted molar refractivity (Wildman–Crippen MR) is 111 cm³/mol. The zero-order chi connectivity index (χ0) is 21.1. The minimum Gasteiger partial charge on any atom is -0.478 e. The van der Waals surface area contributed by atoms with Crippen LogP contribution in [0.25, 0.3) is 0 Å². The first-order chi connectivity index (χ1) is 14.1. The van der Waals surface area contributed by atoms with Gasteiger partial charge in [0.05, 0.1) is 11.7 Å². The van der Waals surface area contributed by atoms with Gasteiger partial charge in [-0.3, -0.25) is 4.79 Å². The number of hydroxylamine groups is 1. The van der Waals surface area contributed by atoms with Gasteiger partial charge in [-0.25, -0.2) is 10.3 Å². The van der Waals surface area contributed by atoms with Gasteiger partial charge in [-0.2, -0.15) is 0 Å². The average Bonchev–Trinajstić information content (AvgIpc) is 3.26. The van der Waals surface area contributed by atoms with Crippen LogP contribution >= 0.6 is 0 Å². The molecule has 0 spiro atoms. The lowest BCUT2D eigenvalue weighted by Gasteiger charge is -2.06. The number of benzene rings is 2. The fourth-order valence-corrected chi connectivity index (χ4v) is 3.13. The van der Waals surface area contributed by atoms with Gasteiger partial charge in [-0.05, 0) is 37.3 Å². The Morgan fingerprint density at radius 1 is 1.10 bits per heavy atom. The molecule has 0 radical (unpaired) electrons. The smallest absolute Gasteiger partial charge is 0.336 e. The Bertz CT molecular complexity index is 782. The Morgan fingerprint density at radius 3 is 2.34 bits per heavy atom. The van der Waals surface area contributed by atoms with Crippen LogP contribution in [0.2, 0.25) is 0 Å². The van der Waals surface area contributed by atoms with E-state index in [1.165, 1.54) is 11.6 Å². The molecule has 0 bridgehead atoms. The highest BCUT2D eigenvalue weighted by Crippen LogP contribution is 2.16. The number of carboxylic acids is 1. The molecule has 0 aliphatic carbocycles. The molecule has 0 aromatic heterocycles. The van der Waals surface area contributed by atoms with Gasteiger partial charge in [-0.15, -0.1) is 0 Å². The van der Waals surface area contributed by atoms with E-state index in [1.54, 1.807) is 30.3 Å². The fourth-order valence-electron chi connectivity index (χ4n) is 3.13. The number of ketones is 1. The van der Waals surface area contributed by atoms with Gasteiger partial charge < -0.3 is 15.1 Å². The Balaban J connectivity index is 0.000000313. The van der Waals surface area contributed by atoms with Crippen LogP contribution in [0.3, 0.4) is 0 Å². The van der Waals surface area contributed by atoms with Gasteiger partial charge in [0.2, 0.25) is 0 Å². The van der Waals surface area contributed by atoms with Crippen LogP contribution < -0.4 is 5.48 Å². The first-order valence-electron chi connectivity index (χ1n) is 10.0. The quantitative estimate of drug-likeness (QED) is 0.457. The second kappa shape index (κ2) is 12.1. The van der Waals surface area contributed by atoms with E-state index in [9.17, 15) is 9.59 Å². The van der Waals surface area contributed by atoms with Crippen molar-refractivity contribution < 1.29 is 24.6 Å². The minimum atomic E-state index is -1.08. The van der Waals surface area contributed by atoms with Crippen LogP contribution in [0.5, 0.6) is 0 Å². The molecule has 3 N–H and O–H groups in total. The second-order valence-corrected chi connectivity index (χ2v) is 6.98. The van der Waals surface area contributed by atoms with E-state index in [-0.39, 0.29) is 23.0 Å². The Hall–Kier alpha value is -2.54. The van der Waals surface area contributed by atoms with Crippen molar-refractivity contribution in [2.24, 2.45) is 0 Å². The number of carbonyl (C=O) groups is 2. The summed E-state index contributed by atoms with van der Waals surface area (Å²) in [5.74, 6) is -1.34. The number of unbranched alkanes of at least 4 members (excludes halogenated alkanes) is 1. The number of ether oxygens (including phenoxy) is 1. The van der Waals surface area contributed by atoms with Crippen molar-refractivity contribution in [2.45, 2.75) is 45.1 Å². The van der Waals surface area contributed by atoms with Crippen molar-refractivity contribution >= 4 is 11.8 Å². The SMILES string of the molecule is CCCCc1ccc(C(=O)c2ccccc2C(=O)O)cc1.ONCC1CCCO1. The lowest BCUT2D eigenvalue weighted by molar-refractivity contribution is 0.0645. The second-order valence-electron chi connectivity index (χ2n) is 6.98. The molecule has 1 saturated heterocycles. The maximum Gasteiger partial charge on any atom is 0.336 e. The van der Waals surface area contributed by atoms with E-state index in [4.69, 9.17) is 15.1 Å². The van der Waals surface area contributed by atoms with Gasteiger partial charge in [-0.1, -0.05) is 55.8 Å². The maximum atomic E-state index is 12.4. The zero-order valence-electron chi connectivity index (χ0n) is 16.8. The topological polar surface area (TPSA) is 95.9 Å². The Kier molecular flexibility index (Phi) is 9.50. The lowest BCUT2D eigenvalue weighted by Crippen LogP contribution is -2.22. The molecule has 2 aromatic carbocycles. The summed E-state index contributed by atoms with van der Waals surface area (Å²) in [5, 5.41) is 17.3. The van der Waals surface area contributed by atoms with Gasteiger partial charge in [0.15, 0.2) is 5.78 Å². The highest BCUT2D eigenvalue weighted by Gasteiger charge is 2.17. The first kappa shape index (κ1) is 22.7. The average molecular weight is 399 g/mol. The highest BCUT2D eigenvalue weighted by molar-refractivity contribution is 6.14. The monoisotopic (exact) mass is 399 g/mol. The lowest BCUT2D eigenvalue weighted by atomic mass is 9.97. The maximum absolute atomic E-state index is 12.4. The van der Waals surface area contributed by atoms with E-state index in [0.717, 1.165) is 38.7 Å². The summed E-state index contributed by atoms with van der Waals surface area (Å²) >= 11 is 0.